The van der Waals surface area contributed by atoms with Crippen LogP contribution in [-0.4, -0.2) is 31.0 Å². The minimum absolute atomic E-state index is 0.401. The number of thiophene rings is 1. The third kappa shape index (κ3) is 6.29. The minimum Gasteiger partial charge on any atom is -0.389 e. The molecule has 1 atom stereocenters. The van der Waals surface area contributed by atoms with Crippen molar-refractivity contribution in [3.63, 3.8) is 0 Å². The lowest BCUT2D eigenvalue weighted by Crippen LogP contribution is -2.30. The van der Waals surface area contributed by atoms with Crippen molar-refractivity contribution in [2.75, 3.05) is 19.8 Å². The highest BCUT2D eigenvalue weighted by molar-refractivity contribution is 9.11. The van der Waals surface area contributed by atoms with Gasteiger partial charge in [0.15, 0.2) is 0 Å². The summed E-state index contributed by atoms with van der Waals surface area (Å²) in [5.74, 6) is 0.511. The molecule has 0 fully saturated rings. The lowest BCUT2D eigenvalue weighted by Gasteiger charge is -2.13. The number of aliphatic hydroxyl groups excluding tert-OH is 1. The summed E-state index contributed by atoms with van der Waals surface area (Å²) in [5, 5.41) is 12.9. The topological polar surface area (TPSA) is 41.5 Å². The Balaban J connectivity index is 2.13. The van der Waals surface area contributed by atoms with E-state index in [-0.39, 0.29) is 0 Å². The Morgan fingerprint density at radius 1 is 1.44 bits per heavy atom. The summed E-state index contributed by atoms with van der Waals surface area (Å²) in [4.78, 5) is 1.27. The molecule has 1 aromatic heterocycles. The molecule has 3 nitrogen and oxygen atoms in total. The zero-order valence-corrected chi connectivity index (χ0v) is 13.6. The summed E-state index contributed by atoms with van der Waals surface area (Å²) in [6.07, 6.45) is -0.437. The Kier molecular flexibility index (Phi) is 7.41. The fourth-order valence-electron chi connectivity index (χ4n) is 1.47. The van der Waals surface area contributed by atoms with Gasteiger partial charge >= 0.3 is 0 Å². The first-order valence-corrected chi connectivity index (χ1v) is 7.81. The van der Waals surface area contributed by atoms with E-state index in [0.29, 0.717) is 25.7 Å². The number of halogens is 1. The average molecular weight is 336 g/mol. The second-order valence-electron chi connectivity index (χ2n) is 4.89. The van der Waals surface area contributed by atoms with Crippen LogP contribution in [0.4, 0.5) is 0 Å². The van der Waals surface area contributed by atoms with Crippen LogP contribution in [0.15, 0.2) is 9.85 Å². The van der Waals surface area contributed by atoms with E-state index in [4.69, 9.17) is 4.74 Å². The molecule has 0 aliphatic carbocycles. The Morgan fingerprint density at radius 2 is 2.17 bits per heavy atom. The van der Waals surface area contributed by atoms with Crippen molar-refractivity contribution in [1.82, 2.24) is 5.32 Å². The maximum absolute atomic E-state index is 9.71. The summed E-state index contributed by atoms with van der Waals surface area (Å²) >= 11 is 5.24. The number of hydrogen-bond donors (Lipinski definition) is 2. The molecule has 1 aromatic rings. The van der Waals surface area contributed by atoms with Gasteiger partial charge in [0.1, 0.15) is 0 Å². The maximum Gasteiger partial charge on any atom is 0.0897 e. The fraction of sp³-hybridized carbons (Fsp3) is 0.692. The maximum atomic E-state index is 9.71. The number of aliphatic hydroxyl groups is 1. The van der Waals surface area contributed by atoms with E-state index in [0.717, 1.165) is 6.54 Å². The SMILES string of the molecule is Cc1cc(CNCC(O)COCC(C)C)sc1Br. The number of nitrogens with one attached hydrogen (secondary N) is 1. The van der Waals surface area contributed by atoms with Crippen molar-refractivity contribution in [3.05, 3.63) is 20.3 Å². The fourth-order valence-corrected chi connectivity index (χ4v) is 3.07. The van der Waals surface area contributed by atoms with Gasteiger partial charge in [0.2, 0.25) is 0 Å². The predicted molar refractivity (Wildman–Crippen MR) is 80.1 cm³/mol. The van der Waals surface area contributed by atoms with Gasteiger partial charge in [-0.1, -0.05) is 13.8 Å². The molecular weight excluding hydrogens is 314 g/mol. The second-order valence-corrected chi connectivity index (χ2v) is 7.34. The van der Waals surface area contributed by atoms with Crippen LogP contribution in [0.1, 0.15) is 24.3 Å². The molecular formula is C13H22BrNO2S. The summed E-state index contributed by atoms with van der Waals surface area (Å²) in [6.45, 7) is 8.74. The van der Waals surface area contributed by atoms with Crippen LogP contribution in [0.3, 0.4) is 0 Å². The predicted octanol–water partition coefficient (Wildman–Crippen LogP) is 2.94. The van der Waals surface area contributed by atoms with Crippen molar-refractivity contribution >= 4 is 27.3 Å². The van der Waals surface area contributed by atoms with Gasteiger partial charge in [-0.15, -0.1) is 11.3 Å². The molecule has 0 aliphatic rings. The first-order chi connectivity index (χ1) is 8.49. The molecule has 2 N–H and O–H groups in total. The van der Waals surface area contributed by atoms with Gasteiger partial charge in [0.25, 0.3) is 0 Å². The van der Waals surface area contributed by atoms with Gasteiger partial charge in [-0.25, -0.2) is 0 Å². The number of aryl methyl sites for hydroxylation is 1. The van der Waals surface area contributed by atoms with Crippen LogP contribution < -0.4 is 5.32 Å². The summed E-state index contributed by atoms with van der Waals surface area (Å²) in [7, 11) is 0. The van der Waals surface area contributed by atoms with E-state index >= 15 is 0 Å². The summed E-state index contributed by atoms with van der Waals surface area (Å²) in [5.41, 5.74) is 1.26. The van der Waals surface area contributed by atoms with Gasteiger partial charge in [-0.2, -0.15) is 0 Å². The smallest absolute Gasteiger partial charge is 0.0897 e. The molecule has 5 heteroatoms. The van der Waals surface area contributed by atoms with Gasteiger partial charge < -0.3 is 15.2 Å². The Hall–Kier alpha value is 0.0600. The molecule has 0 bridgehead atoms. The van der Waals surface area contributed by atoms with Crippen LogP contribution in [0.5, 0.6) is 0 Å². The zero-order chi connectivity index (χ0) is 13.5. The third-order valence-electron chi connectivity index (χ3n) is 2.35. The molecule has 0 aliphatic heterocycles. The number of ether oxygens (including phenoxy) is 1. The molecule has 104 valence electrons. The standard InChI is InChI=1S/C13H22BrNO2S/c1-9(2)7-17-8-11(16)5-15-6-12-4-10(3)13(14)18-12/h4,9,11,15-16H,5-8H2,1-3H3. The zero-order valence-electron chi connectivity index (χ0n) is 11.2. The van der Waals surface area contributed by atoms with E-state index in [1.165, 1.54) is 14.2 Å². The molecule has 0 saturated carbocycles. The average Bonchev–Trinajstić information content (AvgIpc) is 2.57. The Bertz CT molecular complexity index is 335. The number of rotatable bonds is 8. The highest BCUT2D eigenvalue weighted by Gasteiger charge is 2.06. The van der Waals surface area contributed by atoms with E-state index in [1.807, 2.05) is 0 Å². The van der Waals surface area contributed by atoms with E-state index in [9.17, 15) is 5.11 Å². The first-order valence-electron chi connectivity index (χ1n) is 6.20. The van der Waals surface area contributed by atoms with Crippen LogP contribution in [0, 0.1) is 12.8 Å². The lowest BCUT2D eigenvalue weighted by molar-refractivity contribution is 0.0261. The molecule has 0 amide bonds. The molecule has 1 heterocycles. The minimum atomic E-state index is -0.437. The second kappa shape index (κ2) is 8.27. The first kappa shape index (κ1) is 16.1. The van der Waals surface area contributed by atoms with E-state index < -0.39 is 6.10 Å². The molecule has 0 radical (unpaired) electrons. The van der Waals surface area contributed by atoms with Gasteiger partial charge in [0, 0.05) is 24.6 Å². The largest absolute Gasteiger partial charge is 0.389 e. The lowest BCUT2D eigenvalue weighted by atomic mass is 10.2. The number of hydrogen-bond acceptors (Lipinski definition) is 4. The van der Waals surface area contributed by atoms with Crippen molar-refractivity contribution in [1.29, 1.82) is 0 Å². The Morgan fingerprint density at radius 3 is 2.72 bits per heavy atom. The van der Waals surface area contributed by atoms with Crippen molar-refractivity contribution in [2.24, 2.45) is 5.92 Å². The van der Waals surface area contributed by atoms with Crippen LogP contribution >= 0.6 is 27.3 Å². The molecule has 0 saturated heterocycles. The van der Waals surface area contributed by atoms with E-state index in [1.54, 1.807) is 11.3 Å². The summed E-state index contributed by atoms with van der Waals surface area (Å²) < 4.78 is 6.57. The highest BCUT2D eigenvalue weighted by Crippen LogP contribution is 2.26. The van der Waals surface area contributed by atoms with Gasteiger partial charge in [-0.05, 0) is 40.4 Å². The van der Waals surface area contributed by atoms with Crippen LogP contribution in [0.25, 0.3) is 0 Å². The normalized spacial score (nSPS) is 13.2. The van der Waals surface area contributed by atoms with Crippen molar-refractivity contribution < 1.29 is 9.84 Å². The highest BCUT2D eigenvalue weighted by atomic mass is 79.9. The molecule has 0 aromatic carbocycles. The van der Waals surface area contributed by atoms with Crippen molar-refractivity contribution in [2.45, 2.75) is 33.4 Å². The van der Waals surface area contributed by atoms with Crippen LogP contribution in [0.2, 0.25) is 0 Å². The third-order valence-corrected chi connectivity index (χ3v) is 4.49. The Labute approximate surface area is 122 Å². The quantitative estimate of drug-likeness (QED) is 0.767. The van der Waals surface area contributed by atoms with Gasteiger partial charge in [-0.3, -0.25) is 0 Å². The van der Waals surface area contributed by atoms with Crippen LogP contribution in [-0.2, 0) is 11.3 Å². The van der Waals surface area contributed by atoms with Gasteiger partial charge in [0.05, 0.1) is 16.5 Å². The molecule has 18 heavy (non-hydrogen) atoms. The summed E-state index contributed by atoms with van der Waals surface area (Å²) in [6, 6.07) is 2.16. The van der Waals surface area contributed by atoms with Crippen molar-refractivity contribution in [3.8, 4) is 0 Å². The molecule has 0 spiro atoms. The van der Waals surface area contributed by atoms with E-state index in [2.05, 4.69) is 48.1 Å². The monoisotopic (exact) mass is 335 g/mol. The molecule has 1 rings (SSSR count). The molecule has 1 unspecified atom stereocenters.